The molecule has 2 nitrogen and oxygen atoms in total. The minimum absolute atomic E-state index is 0.103. The molecule has 0 saturated carbocycles. The highest BCUT2D eigenvalue weighted by atomic mass is 35.5. The predicted molar refractivity (Wildman–Crippen MR) is 53.5 cm³/mol. The Morgan fingerprint density at radius 2 is 2.08 bits per heavy atom. The molecule has 1 fully saturated rings. The van der Waals surface area contributed by atoms with Crippen LogP contribution in [0.25, 0.3) is 0 Å². The third-order valence-corrected chi connectivity index (χ3v) is 3.09. The van der Waals surface area contributed by atoms with E-state index in [1.165, 1.54) is 0 Å². The van der Waals surface area contributed by atoms with E-state index in [9.17, 15) is 5.11 Å². The van der Waals surface area contributed by atoms with Gasteiger partial charge in [0, 0.05) is 11.6 Å². The van der Waals surface area contributed by atoms with Crippen LogP contribution in [-0.2, 0) is 0 Å². The molecule has 13 heavy (non-hydrogen) atoms. The van der Waals surface area contributed by atoms with Crippen LogP contribution in [0.5, 0.6) is 5.75 Å². The Balaban J connectivity index is 2.41. The van der Waals surface area contributed by atoms with Crippen molar-refractivity contribution in [2.45, 2.75) is 12.5 Å². The summed E-state index contributed by atoms with van der Waals surface area (Å²) in [5.74, 6) is 0.103. The Bertz CT molecular complexity index is 337. The molecule has 0 aromatic heterocycles. The van der Waals surface area contributed by atoms with E-state index >= 15 is 0 Å². The summed E-state index contributed by atoms with van der Waals surface area (Å²) in [6, 6.07) is 3.74. The van der Waals surface area contributed by atoms with Crippen molar-refractivity contribution in [3.63, 3.8) is 0 Å². The fraction of sp³-hybridized carbons (Fsp3) is 0.333. The largest absolute Gasteiger partial charge is 0.506 e. The van der Waals surface area contributed by atoms with E-state index in [1.807, 2.05) is 0 Å². The summed E-state index contributed by atoms with van der Waals surface area (Å²) < 4.78 is 0. The van der Waals surface area contributed by atoms with E-state index < -0.39 is 0 Å². The van der Waals surface area contributed by atoms with Gasteiger partial charge in [-0.3, -0.25) is 0 Å². The summed E-state index contributed by atoms with van der Waals surface area (Å²) in [5, 5.41) is 13.5. The number of hydrogen-bond donors (Lipinski definition) is 2. The van der Waals surface area contributed by atoms with Crippen molar-refractivity contribution in [1.82, 2.24) is 5.32 Å². The van der Waals surface area contributed by atoms with Gasteiger partial charge in [-0.2, -0.15) is 0 Å². The number of phenolic OH excluding ortho intramolecular Hbond substituents is 1. The lowest BCUT2D eigenvalue weighted by Gasteiger charge is -2.28. The monoisotopic (exact) mass is 217 g/mol. The lowest BCUT2D eigenvalue weighted by Crippen LogP contribution is -2.34. The second kappa shape index (κ2) is 3.37. The van der Waals surface area contributed by atoms with Crippen molar-refractivity contribution in [2.24, 2.45) is 0 Å². The zero-order chi connectivity index (χ0) is 9.42. The number of benzene rings is 1. The maximum Gasteiger partial charge on any atom is 0.140 e. The van der Waals surface area contributed by atoms with Gasteiger partial charge < -0.3 is 10.4 Å². The smallest absolute Gasteiger partial charge is 0.140 e. The highest BCUT2D eigenvalue weighted by Gasteiger charge is 2.23. The van der Waals surface area contributed by atoms with Crippen LogP contribution in [0.1, 0.15) is 18.0 Å². The summed E-state index contributed by atoms with van der Waals surface area (Å²) in [5.41, 5.74) is 0.834. The Morgan fingerprint density at radius 3 is 2.62 bits per heavy atom. The minimum atomic E-state index is 0.103. The number of phenols is 1. The van der Waals surface area contributed by atoms with E-state index in [2.05, 4.69) is 5.32 Å². The lowest BCUT2D eigenvalue weighted by atomic mass is 9.97. The average molecular weight is 218 g/mol. The number of halogens is 2. The van der Waals surface area contributed by atoms with Crippen molar-refractivity contribution in [1.29, 1.82) is 0 Å². The normalized spacial score (nSPS) is 21.2. The van der Waals surface area contributed by atoms with Gasteiger partial charge in [-0.1, -0.05) is 29.3 Å². The molecule has 0 bridgehead atoms. The number of nitrogens with one attached hydrogen (secondary N) is 1. The SMILES string of the molecule is Oc1c([C@H]2CCN2)ccc(Cl)c1Cl. The molecule has 1 heterocycles. The standard InChI is InChI=1S/C9H9Cl2NO/c10-6-2-1-5(7-3-4-12-7)9(13)8(6)11/h1-2,7,12-13H,3-4H2/t7-/m1/s1. The van der Waals surface area contributed by atoms with Gasteiger partial charge in [-0.15, -0.1) is 0 Å². The van der Waals surface area contributed by atoms with Gasteiger partial charge in [-0.05, 0) is 19.0 Å². The minimum Gasteiger partial charge on any atom is -0.506 e. The molecule has 2 rings (SSSR count). The molecule has 4 heteroatoms. The molecule has 1 aliphatic heterocycles. The molecule has 0 amide bonds. The van der Waals surface area contributed by atoms with Gasteiger partial charge in [-0.25, -0.2) is 0 Å². The summed E-state index contributed by atoms with van der Waals surface area (Å²) >= 11 is 11.5. The van der Waals surface area contributed by atoms with Gasteiger partial charge in [0.25, 0.3) is 0 Å². The van der Waals surface area contributed by atoms with Crippen LogP contribution in [0, 0.1) is 0 Å². The predicted octanol–water partition coefficient (Wildman–Crippen LogP) is 2.73. The Labute approximate surface area is 86.5 Å². The Kier molecular flexibility index (Phi) is 2.37. The molecular weight excluding hydrogens is 209 g/mol. The molecule has 1 atom stereocenters. The molecule has 1 aromatic rings. The van der Waals surface area contributed by atoms with Crippen LogP contribution < -0.4 is 5.32 Å². The molecule has 0 spiro atoms. The second-order valence-corrected chi connectivity index (χ2v) is 3.88. The van der Waals surface area contributed by atoms with Crippen LogP contribution in [0.2, 0.25) is 10.0 Å². The Morgan fingerprint density at radius 1 is 1.38 bits per heavy atom. The fourth-order valence-corrected chi connectivity index (χ4v) is 1.71. The van der Waals surface area contributed by atoms with Gasteiger partial charge >= 0.3 is 0 Å². The molecule has 1 saturated heterocycles. The van der Waals surface area contributed by atoms with E-state index in [0.717, 1.165) is 18.5 Å². The topological polar surface area (TPSA) is 32.3 Å². The average Bonchev–Trinajstić information content (AvgIpc) is 2.03. The van der Waals surface area contributed by atoms with E-state index in [0.29, 0.717) is 5.02 Å². The maximum atomic E-state index is 9.66. The van der Waals surface area contributed by atoms with E-state index in [-0.39, 0.29) is 16.8 Å². The Hall–Kier alpha value is -0.440. The number of hydrogen-bond acceptors (Lipinski definition) is 2. The molecule has 0 unspecified atom stereocenters. The van der Waals surface area contributed by atoms with Crippen LogP contribution >= 0.6 is 23.2 Å². The van der Waals surface area contributed by atoms with Crippen LogP contribution in [0.3, 0.4) is 0 Å². The van der Waals surface area contributed by atoms with Gasteiger partial charge in [0.2, 0.25) is 0 Å². The third-order valence-electron chi connectivity index (χ3n) is 2.30. The summed E-state index contributed by atoms with van der Waals surface area (Å²) in [6.45, 7) is 0.990. The highest BCUT2D eigenvalue weighted by Crippen LogP contribution is 2.39. The number of rotatable bonds is 1. The van der Waals surface area contributed by atoms with Gasteiger partial charge in [0.15, 0.2) is 0 Å². The quantitative estimate of drug-likeness (QED) is 0.759. The number of aromatic hydroxyl groups is 1. The first-order valence-electron chi connectivity index (χ1n) is 4.10. The molecule has 0 aliphatic carbocycles. The van der Waals surface area contributed by atoms with Crippen LogP contribution in [0.4, 0.5) is 0 Å². The molecule has 0 radical (unpaired) electrons. The van der Waals surface area contributed by atoms with Crippen molar-refractivity contribution in [2.75, 3.05) is 6.54 Å². The van der Waals surface area contributed by atoms with Crippen LogP contribution in [0.15, 0.2) is 12.1 Å². The third kappa shape index (κ3) is 1.50. The maximum absolute atomic E-state index is 9.66. The van der Waals surface area contributed by atoms with Gasteiger partial charge in [0.1, 0.15) is 10.8 Å². The summed E-state index contributed by atoms with van der Waals surface area (Å²) in [6.07, 6.45) is 1.03. The van der Waals surface area contributed by atoms with Crippen molar-refractivity contribution >= 4 is 23.2 Å². The van der Waals surface area contributed by atoms with Crippen molar-refractivity contribution in [3.8, 4) is 5.75 Å². The van der Waals surface area contributed by atoms with E-state index in [1.54, 1.807) is 12.1 Å². The molecule has 1 aliphatic rings. The first kappa shape index (κ1) is 9.13. The fourth-order valence-electron chi connectivity index (χ4n) is 1.39. The zero-order valence-electron chi connectivity index (χ0n) is 6.85. The first-order valence-corrected chi connectivity index (χ1v) is 4.86. The van der Waals surface area contributed by atoms with Gasteiger partial charge in [0.05, 0.1) is 5.02 Å². The summed E-state index contributed by atoms with van der Waals surface area (Å²) in [7, 11) is 0. The van der Waals surface area contributed by atoms with Crippen LogP contribution in [-0.4, -0.2) is 11.7 Å². The van der Waals surface area contributed by atoms with E-state index in [4.69, 9.17) is 23.2 Å². The molecule has 70 valence electrons. The molecular formula is C9H9Cl2NO. The molecule has 1 aromatic carbocycles. The van der Waals surface area contributed by atoms with Crippen molar-refractivity contribution in [3.05, 3.63) is 27.7 Å². The second-order valence-electron chi connectivity index (χ2n) is 3.09. The highest BCUT2D eigenvalue weighted by molar-refractivity contribution is 6.43. The zero-order valence-corrected chi connectivity index (χ0v) is 8.36. The summed E-state index contributed by atoms with van der Waals surface area (Å²) in [4.78, 5) is 0. The molecule has 2 N–H and O–H groups in total. The van der Waals surface area contributed by atoms with Crippen molar-refractivity contribution < 1.29 is 5.11 Å². The lowest BCUT2D eigenvalue weighted by molar-refractivity contribution is 0.364. The first-order chi connectivity index (χ1) is 6.20.